The first-order valence-electron chi connectivity index (χ1n) is 6.21. The third-order valence-corrected chi connectivity index (χ3v) is 3.10. The van der Waals surface area contributed by atoms with Gasteiger partial charge in [-0.25, -0.2) is 4.99 Å². The molecule has 1 amide bonds. The Morgan fingerprint density at radius 1 is 1.21 bits per heavy atom. The van der Waals surface area contributed by atoms with Crippen molar-refractivity contribution < 1.29 is 4.79 Å². The van der Waals surface area contributed by atoms with Crippen LogP contribution < -0.4 is 4.90 Å². The number of aliphatic imine (C=N–C) groups is 1. The van der Waals surface area contributed by atoms with Crippen LogP contribution in [-0.2, 0) is 4.79 Å². The molecule has 1 aliphatic rings. The van der Waals surface area contributed by atoms with Crippen molar-refractivity contribution in [3.05, 3.63) is 54.4 Å². The highest BCUT2D eigenvalue weighted by Crippen LogP contribution is 2.30. The van der Waals surface area contributed by atoms with Crippen molar-refractivity contribution in [1.29, 1.82) is 0 Å². The summed E-state index contributed by atoms with van der Waals surface area (Å²) in [5.41, 5.74) is 3.00. The van der Waals surface area contributed by atoms with E-state index in [1.807, 2.05) is 43.3 Å². The number of carbonyl (C=O) groups is 1. The summed E-state index contributed by atoms with van der Waals surface area (Å²) in [6.07, 6.45) is 3.34. The maximum absolute atomic E-state index is 12.4. The summed E-state index contributed by atoms with van der Waals surface area (Å²) in [5, 5.41) is 0. The molecule has 0 atom stereocenters. The number of aromatic nitrogens is 1. The number of rotatable bonds is 2. The molecular weight excluding hydrogens is 238 g/mol. The number of para-hydroxylation sites is 1. The molecule has 0 unspecified atom stereocenters. The molecule has 0 aliphatic carbocycles. The average molecular weight is 251 g/mol. The van der Waals surface area contributed by atoms with E-state index in [1.165, 1.54) is 0 Å². The number of pyridine rings is 1. The van der Waals surface area contributed by atoms with Crippen molar-refractivity contribution in [1.82, 2.24) is 4.98 Å². The molecule has 0 fully saturated rings. The molecule has 0 saturated carbocycles. The van der Waals surface area contributed by atoms with Gasteiger partial charge >= 0.3 is 0 Å². The first-order chi connectivity index (χ1) is 9.31. The van der Waals surface area contributed by atoms with Crippen molar-refractivity contribution in [2.45, 2.75) is 6.92 Å². The van der Waals surface area contributed by atoms with Crippen LogP contribution in [0.2, 0.25) is 0 Å². The fraction of sp³-hybridized carbons (Fsp3) is 0.133. The lowest BCUT2D eigenvalue weighted by Crippen LogP contribution is -2.29. The summed E-state index contributed by atoms with van der Waals surface area (Å²) >= 11 is 0. The van der Waals surface area contributed by atoms with Crippen molar-refractivity contribution in [3.8, 4) is 0 Å². The fourth-order valence-electron chi connectivity index (χ4n) is 2.23. The summed E-state index contributed by atoms with van der Waals surface area (Å²) in [6.45, 7) is 2.60. The molecule has 2 aromatic rings. The summed E-state index contributed by atoms with van der Waals surface area (Å²) in [6, 6.07) is 11.4. The Bertz CT molecular complexity index is 649. The minimum Gasteiger partial charge on any atom is -0.307 e. The van der Waals surface area contributed by atoms with Gasteiger partial charge in [0.2, 0.25) is 0 Å². The SMILES string of the molecule is CCN1C(=O)C(=Nc2cccnc2)c2ccccc21. The van der Waals surface area contributed by atoms with Crippen LogP contribution in [-0.4, -0.2) is 23.1 Å². The van der Waals surface area contributed by atoms with Crippen molar-refractivity contribution in [2.24, 2.45) is 4.99 Å². The predicted octanol–water partition coefficient (Wildman–Crippen LogP) is 2.57. The Morgan fingerprint density at radius 3 is 2.79 bits per heavy atom. The van der Waals surface area contributed by atoms with Crippen LogP contribution in [0.4, 0.5) is 11.4 Å². The second-order valence-electron chi connectivity index (χ2n) is 4.24. The summed E-state index contributed by atoms with van der Waals surface area (Å²) in [4.78, 5) is 22.6. The van der Waals surface area contributed by atoms with Gasteiger partial charge in [0, 0.05) is 18.3 Å². The van der Waals surface area contributed by atoms with Crippen LogP contribution in [0.1, 0.15) is 12.5 Å². The van der Waals surface area contributed by atoms with Crippen LogP contribution in [0.5, 0.6) is 0 Å². The third kappa shape index (κ3) is 1.91. The van der Waals surface area contributed by atoms with Crippen molar-refractivity contribution in [2.75, 3.05) is 11.4 Å². The number of hydrogen-bond acceptors (Lipinski definition) is 3. The summed E-state index contributed by atoms with van der Waals surface area (Å²) in [5.74, 6) is -0.0486. The number of carbonyl (C=O) groups excluding carboxylic acids is 1. The van der Waals surface area contributed by atoms with Gasteiger partial charge in [0.05, 0.1) is 17.6 Å². The minimum atomic E-state index is -0.0486. The van der Waals surface area contributed by atoms with Gasteiger partial charge in [0.25, 0.3) is 5.91 Å². The van der Waals surface area contributed by atoms with Gasteiger partial charge in [-0.3, -0.25) is 9.78 Å². The average Bonchev–Trinajstić information content (AvgIpc) is 2.73. The van der Waals surface area contributed by atoms with Gasteiger partial charge in [0.1, 0.15) is 5.71 Å². The Balaban J connectivity index is 2.13. The lowest BCUT2D eigenvalue weighted by atomic mass is 10.1. The normalized spacial score (nSPS) is 15.9. The van der Waals surface area contributed by atoms with Gasteiger partial charge in [0.15, 0.2) is 0 Å². The maximum Gasteiger partial charge on any atom is 0.277 e. The summed E-state index contributed by atoms with van der Waals surface area (Å²) < 4.78 is 0. The Labute approximate surface area is 111 Å². The topological polar surface area (TPSA) is 45.6 Å². The van der Waals surface area contributed by atoms with E-state index >= 15 is 0 Å². The van der Waals surface area contributed by atoms with Gasteiger partial charge in [-0.1, -0.05) is 18.2 Å². The molecule has 3 rings (SSSR count). The van der Waals surface area contributed by atoms with E-state index in [-0.39, 0.29) is 5.91 Å². The Hall–Kier alpha value is -2.49. The van der Waals surface area contributed by atoms with Crippen molar-refractivity contribution >= 4 is 23.0 Å². The lowest BCUT2D eigenvalue weighted by Gasteiger charge is -2.12. The van der Waals surface area contributed by atoms with E-state index in [4.69, 9.17) is 0 Å². The summed E-state index contributed by atoms with van der Waals surface area (Å²) in [7, 11) is 0. The first-order valence-corrected chi connectivity index (χ1v) is 6.21. The van der Waals surface area contributed by atoms with Gasteiger partial charge < -0.3 is 4.90 Å². The molecule has 94 valence electrons. The number of benzene rings is 1. The third-order valence-electron chi connectivity index (χ3n) is 3.10. The van der Waals surface area contributed by atoms with E-state index in [1.54, 1.807) is 17.3 Å². The molecule has 1 aliphatic heterocycles. The standard InChI is InChI=1S/C15H13N3O/c1-2-18-13-8-4-3-7-12(13)14(15(18)19)17-11-6-5-9-16-10-11/h3-10H,2H2,1H3. The largest absolute Gasteiger partial charge is 0.307 e. The van der Waals surface area contributed by atoms with Crippen LogP contribution in [0.15, 0.2) is 53.8 Å². The zero-order valence-electron chi connectivity index (χ0n) is 10.6. The number of anilines is 1. The highest BCUT2D eigenvalue weighted by molar-refractivity contribution is 6.54. The highest BCUT2D eigenvalue weighted by Gasteiger charge is 2.32. The predicted molar refractivity (Wildman–Crippen MR) is 74.9 cm³/mol. The quantitative estimate of drug-likeness (QED) is 0.823. The van der Waals surface area contributed by atoms with E-state index in [9.17, 15) is 4.79 Å². The van der Waals surface area contributed by atoms with Gasteiger partial charge in [-0.2, -0.15) is 0 Å². The highest BCUT2D eigenvalue weighted by atomic mass is 16.2. The van der Waals surface area contributed by atoms with E-state index in [0.717, 1.165) is 11.3 Å². The van der Waals surface area contributed by atoms with E-state index in [2.05, 4.69) is 9.98 Å². The zero-order chi connectivity index (χ0) is 13.2. The molecule has 0 bridgehead atoms. The molecule has 0 spiro atoms. The number of nitrogens with zero attached hydrogens (tertiary/aromatic N) is 3. The monoisotopic (exact) mass is 251 g/mol. The van der Waals surface area contributed by atoms with Crippen LogP contribution in [0.3, 0.4) is 0 Å². The Kier molecular flexibility index (Phi) is 2.83. The molecular formula is C15H13N3O. The first kappa shape index (κ1) is 11.6. The fourth-order valence-corrected chi connectivity index (χ4v) is 2.23. The molecule has 0 radical (unpaired) electrons. The molecule has 4 nitrogen and oxygen atoms in total. The lowest BCUT2D eigenvalue weighted by molar-refractivity contribution is -0.112. The van der Waals surface area contributed by atoms with Crippen molar-refractivity contribution in [3.63, 3.8) is 0 Å². The molecule has 4 heteroatoms. The number of amides is 1. The number of likely N-dealkylation sites (N-methyl/N-ethyl adjacent to an activating group) is 1. The minimum absolute atomic E-state index is 0.0486. The van der Waals surface area contributed by atoms with E-state index < -0.39 is 0 Å². The molecule has 0 N–H and O–H groups in total. The van der Waals surface area contributed by atoms with Crippen LogP contribution in [0, 0.1) is 0 Å². The van der Waals surface area contributed by atoms with Crippen LogP contribution >= 0.6 is 0 Å². The molecule has 0 saturated heterocycles. The molecule has 2 heterocycles. The second-order valence-corrected chi connectivity index (χ2v) is 4.24. The molecule has 1 aromatic heterocycles. The number of fused-ring (bicyclic) bond motifs is 1. The maximum atomic E-state index is 12.4. The Morgan fingerprint density at radius 2 is 2.05 bits per heavy atom. The molecule has 19 heavy (non-hydrogen) atoms. The zero-order valence-corrected chi connectivity index (χ0v) is 10.6. The number of hydrogen-bond donors (Lipinski definition) is 0. The van der Waals surface area contributed by atoms with Crippen LogP contribution in [0.25, 0.3) is 0 Å². The smallest absolute Gasteiger partial charge is 0.277 e. The molecule has 1 aromatic carbocycles. The van der Waals surface area contributed by atoms with Gasteiger partial charge in [-0.15, -0.1) is 0 Å². The van der Waals surface area contributed by atoms with Gasteiger partial charge in [-0.05, 0) is 25.1 Å². The van der Waals surface area contributed by atoms with E-state index in [0.29, 0.717) is 17.9 Å². The second kappa shape index (κ2) is 4.65.